The van der Waals surface area contributed by atoms with Crippen LogP contribution >= 0.6 is 0 Å². The predicted molar refractivity (Wildman–Crippen MR) is 154 cm³/mol. The first-order valence-electron chi connectivity index (χ1n) is 12.6. The first kappa shape index (κ1) is 19.8. The zero-order chi connectivity index (χ0) is 24.8. The number of furan rings is 1. The summed E-state index contributed by atoms with van der Waals surface area (Å²) in [6, 6.07) is 31.3. The number of hydrogen-bond donors (Lipinski definition) is 0. The third kappa shape index (κ3) is 2.47. The molecule has 0 saturated carbocycles. The highest BCUT2D eigenvalue weighted by Crippen LogP contribution is 2.45. The number of hydrogen-bond acceptors (Lipinski definition) is 4. The number of benzene rings is 5. The van der Waals surface area contributed by atoms with E-state index in [1.165, 1.54) is 5.39 Å². The monoisotopic (exact) mass is 486 g/mol. The van der Waals surface area contributed by atoms with Crippen molar-refractivity contribution in [1.29, 1.82) is 0 Å². The Bertz CT molecular complexity index is 2420. The van der Waals surface area contributed by atoms with Crippen molar-refractivity contribution in [1.82, 2.24) is 19.5 Å². The molecule has 0 fully saturated rings. The maximum Gasteiger partial charge on any atom is 0.235 e. The summed E-state index contributed by atoms with van der Waals surface area (Å²) >= 11 is 0. The fourth-order valence-electron chi connectivity index (χ4n) is 6.10. The summed E-state index contributed by atoms with van der Waals surface area (Å²) in [7, 11) is 0. The van der Waals surface area contributed by atoms with Gasteiger partial charge in [0.15, 0.2) is 0 Å². The highest BCUT2D eigenvalue weighted by atomic mass is 16.3. The van der Waals surface area contributed by atoms with E-state index in [0.717, 1.165) is 70.8 Å². The minimum atomic E-state index is 0.638. The molecular formula is C33H18N4O. The van der Waals surface area contributed by atoms with Crippen LogP contribution in [-0.4, -0.2) is 19.5 Å². The zero-order valence-electron chi connectivity index (χ0n) is 20.1. The molecule has 0 saturated heterocycles. The summed E-state index contributed by atoms with van der Waals surface area (Å²) in [5.74, 6) is 0.638. The van der Waals surface area contributed by atoms with E-state index in [-0.39, 0.29) is 0 Å². The molecule has 176 valence electrons. The molecule has 4 heterocycles. The Morgan fingerprint density at radius 3 is 2.37 bits per heavy atom. The molecule has 9 rings (SSSR count). The van der Waals surface area contributed by atoms with E-state index < -0.39 is 0 Å². The minimum Gasteiger partial charge on any atom is -0.455 e. The van der Waals surface area contributed by atoms with Gasteiger partial charge in [0.2, 0.25) is 5.95 Å². The summed E-state index contributed by atoms with van der Waals surface area (Å²) in [5, 5.41) is 9.89. The highest BCUT2D eigenvalue weighted by Gasteiger charge is 2.23. The molecule has 0 atom stereocenters. The fraction of sp³-hybridized carbons (Fsp3) is 0. The van der Waals surface area contributed by atoms with Crippen LogP contribution in [0.15, 0.2) is 114 Å². The molecule has 0 aliphatic rings. The van der Waals surface area contributed by atoms with Gasteiger partial charge in [-0.3, -0.25) is 9.55 Å². The predicted octanol–water partition coefficient (Wildman–Crippen LogP) is 8.33. The van der Waals surface area contributed by atoms with Crippen LogP contribution in [0.5, 0.6) is 0 Å². The van der Waals surface area contributed by atoms with Gasteiger partial charge in [0.25, 0.3) is 0 Å². The van der Waals surface area contributed by atoms with E-state index in [1.54, 1.807) is 0 Å². The van der Waals surface area contributed by atoms with Crippen LogP contribution in [0.2, 0.25) is 0 Å². The second-order valence-corrected chi connectivity index (χ2v) is 9.69. The Morgan fingerprint density at radius 2 is 1.42 bits per heavy atom. The van der Waals surface area contributed by atoms with Gasteiger partial charge < -0.3 is 4.42 Å². The number of para-hydroxylation sites is 2. The Morgan fingerprint density at radius 1 is 0.605 bits per heavy atom. The van der Waals surface area contributed by atoms with Crippen molar-refractivity contribution in [2.24, 2.45) is 0 Å². The van der Waals surface area contributed by atoms with Crippen LogP contribution < -0.4 is 0 Å². The Hall–Kier alpha value is -5.29. The van der Waals surface area contributed by atoms with Gasteiger partial charge in [-0.1, -0.05) is 66.7 Å². The molecule has 9 aromatic rings. The van der Waals surface area contributed by atoms with E-state index in [4.69, 9.17) is 14.4 Å². The smallest absolute Gasteiger partial charge is 0.235 e. The van der Waals surface area contributed by atoms with Crippen LogP contribution in [0.1, 0.15) is 0 Å². The molecule has 0 radical (unpaired) electrons. The van der Waals surface area contributed by atoms with Gasteiger partial charge in [-0.2, -0.15) is 0 Å². The van der Waals surface area contributed by atoms with Gasteiger partial charge in [-0.25, -0.2) is 9.97 Å². The van der Waals surface area contributed by atoms with Crippen molar-refractivity contribution in [3.8, 4) is 5.95 Å². The number of pyridine rings is 1. The van der Waals surface area contributed by atoms with E-state index in [2.05, 4.69) is 88.4 Å². The van der Waals surface area contributed by atoms with E-state index in [1.807, 2.05) is 30.7 Å². The van der Waals surface area contributed by atoms with Gasteiger partial charge >= 0.3 is 0 Å². The van der Waals surface area contributed by atoms with Crippen LogP contribution in [0, 0.1) is 0 Å². The molecule has 0 aliphatic heterocycles. The molecule has 0 aliphatic carbocycles. The summed E-state index contributed by atoms with van der Waals surface area (Å²) in [6.45, 7) is 0. The quantitative estimate of drug-likeness (QED) is 0.219. The average Bonchev–Trinajstić information content (AvgIpc) is 3.53. The normalized spacial score (nSPS) is 12.2. The molecule has 5 aromatic carbocycles. The number of rotatable bonds is 1. The number of aromatic nitrogens is 4. The van der Waals surface area contributed by atoms with Crippen LogP contribution in [0.3, 0.4) is 0 Å². The van der Waals surface area contributed by atoms with Crippen molar-refractivity contribution >= 4 is 76.2 Å². The maximum absolute atomic E-state index is 6.48. The largest absolute Gasteiger partial charge is 0.455 e. The summed E-state index contributed by atoms with van der Waals surface area (Å²) in [6.07, 6.45) is 5.71. The Balaban J connectivity index is 1.53. The Kier molecular flexibility index (Phi) is 3.73. The minimum absolute atomic E-state index is 0.638. The van der Waals surface area contributed by atoms with Crippen molar-refractivity contribution in [2.45, 2.75) is 0 Å². The summed E-state index contributed by atoms with van der Waals surface area (Å²) in [4.78, 5) is 14.5. The lowest BCUT2D eigenvalue weighted by Crippen LogP contribution is -2.01. The summed E-state index contributed by atoms with van der Waals surface area (Å²) in [5.41, 5.74) is 4.70. The van der Waals surface area contributed by atoms with Gasteiger partial charge in [-0.15, -0.1) is 0 Å². The van der Waals surface area contributed by atoms with Gasteiger partial charge in [0, 0.05) is 45.5 Å². The van der Waals surface area contributed by atoms with Gasteiger partial charge in [0.05, 0.1) is 21.9 Å². The standard InChI is InChI=1S/C33H18N4O/c1-2-8-20-19(7-1)13-14-26-24(20)18-35-33(36-26)37-27-11-5-3-9-22(27)29-21-15-16-34-17-25(21)32-30(31(29)37)23-10-4-6-12-28(23)38-32/h1-18H. The third-order valence-electron chi connectivity index (χ3n) is 7.72. The lowest BCUT2D eigenvalue weighted by Gasteiger charge is -2.10. The molecule has 0 bridgehead atoms. The van der Waals surface area contributed by atoms with Gasteiger partial charge in [0.1, 0.15) is 11.2 Å². The Labute approximate surface area is 215 Å². The fourth-order valence-corrected chi connectivity index (χ4v) is 6.10. The van der Waals surface area contributed by atoms with E-state index in [9.17, 15) is 0 Å². The van der Waals surface area contributed by atoms with Crippen molar-refractivity contribution in [3.63, 3.8) is 0 Å². The SMILES string of the molecule is c1ccc2c(c1)ccc1nc(-n3c4ccccc4c4c5ccncc5c5oc6ccccc6c5c43)ncc12. The van der Waals surface area contributed by atoms with E-state index in [0.29, 0.717) is 5.95 Å². The molecule has 4 aromatic heterocycles. The average molecular weight is 487 g/mol. The molecule has 5 nitrogen and oxygen atoms in total. The van der Waals surface area contributed by atoms with Crippen LogP contribution in [0.25, 0.3) is 82.1 Å². The first-order valence-corrected chi connectivity index (χ1v) is 12.6. The molecule has 0 spiro atoms. The van der Waals surface area contributed by atoms with Crippen LogP contribution in [-0.2, 0) is 0 Å². The lowest BCUT2D eigenvalue weighted by molar-refractivity contribution is 0.672. The second-order valence-electron chi connectivity index (χ2n) is 9.69. The summed E-state index contributed by atoms with van der Waals surface area (Å²) < 4.78 is 8.68. The second kappa shape index (κ2) is 7.14. The van der Waals surface area contributed by atoms with Gasteiger partial charge in [-0.05, 0) is 40.4 Å². The zero-order valence-corrected chi connectivity index (χ0v) is 20.1. The highest BCUT2D eigenvalue weighted by molar-refractivity contribution is 6.35. The lowest BCUT2D eigenvalue weighted by atomic mass is 10.0. The van der Waals surface area contributed by atoms with Crippen molar-refractivity contribution in [3.05, 3.63) is 110 Å². The molecule has 0 unspecified atom stereocenters. The number of nitrogens with zero attached hydrogens (tertiary/aromatic N) is 4. The first-order chi connectivity index (χ1) is 18.9. The van der Waals surface area contributed by atoms with Crippen LogP contribution in [0.4, 0.5) is 0 Å². The third-order valence-corrected chi connectivity index (χ3v) is 7.72. The number of fused-ring (bicyclic) bond motifs is 13. The maximum atomic E-state index is 6.48. The van der Waals surface area contributed by atoms with Crippen molar-refractivity contribution < 1.29 is 4.42 Å². The molecule has 0 amide bonds. The molecule has 0 N–H and O–H groups in total. The molecule has 5 heteroatoms. The topological polar surface area (TPSA) is 56.7 Å². The molecular weight excluding hydrogens is 468 g/mol. The van der Waals surface area contributed by atoms with Crippen molar-refractivity contribution in [2.75, 3.05) is 0 Å². The van der Waals surface area contributed by atoms with E-state index >= 15 is 0 Å². The molecule has 38 heavy (non-hydrogen) atoms.